The van der Waals surface area contributed by atoms with Gasteiger partial charge in [0.25, 0.3) is 5.89 Å². The van der Waals surface area contributed by atoms with Crippen molar-refractivity contribution in [3.05, 3.63) is 42.6 Å². The van der Waals surface area contributed by atoms with Crippen molar-refractivity contribution in [3.8, 4) is 11.6 Å². The predicted molar refractivity (Wildman–Crippen MR) is 101 cm³/mol. The fourth-order valence-electron chi connectivity index (χ4n) is 2.39. The Bertz CT molecular complexity index is 844. The molecule has 0 fully saturated rings. The maximum Gasteiger partial charge on any atom is 0.322 e. The number of hydrogen-bond donors (Lipinski definition) is 1. The van der Waals surface area contributed by atoms with Crippen LogP contribution in [0.25, 0.3) is 11.6 Å². The van der Waals surface area contributed by atoms with Crippen LogP contribution in [0.1, 0.15) is 32.7 Å². The summed E-state index contributed by atoms with van der Waals surface area (Å²) in [5, 5.41) is 14.8. The van der Waals surface area contributed by atoms with Crippen molar-refractivity contribution in [1.82, 2.24) is 20.0 Å². The first-order valence-corrected chi connectivity index (χ1v) is 9.47. The highest BCUT2D eigenvalue weighted by atomic mass is 32.2. The lowest BCUT2D eigenvalue weighted by atomic mass is 10.3. The van der Waals surface area contributed by atoms with E-state index in [1.165, 1.54) is 4.90 Å². The molecular formula is C18H21N5O2S. The minimum Gasteiger partial charge on any atom is -0.401 e. The third kappa shape index (κ3) is 4.72. The van der Waals surface area contributed by atoms with Gasteiger partial charge in [0.05, 0.1) is 0 Å². The number of nitrogens with zero attached hydrogens (tertiary/aromatic N) is 4. The molecule has 8 heteroatoms. The van der Waals surface area contributed by atoms with Crippen LogP contribution in [-0.2, 0) is 4.79 Å². The van der Waals surface area contributed by atoms with E-state index < -0.39 is 0 Å². The van der Waals surface area contributed by atoms with Crippen LogP contribution in [0.15, 0.2) is 51.9 Å². The van der Waals surface area contributed by atoms with Crippen molar-refractivity contribution in [2.24, 2.45) is 0 Å². The topological polar surface area (TPSA) is 85.8 Å². The summed E-state index contributed by atoms with van der Waals surface area (Å²) < 4.78 is 7.34. The Hall–Kier alpha value is -2.61. The van der Waals surface area contributed by atoms with Crippen LogP contribution in [-0.4, -0.2) is 31.6 Å². The van der Waals surface area contributed by atoms with E-state index in [-0.39, 0.29) is 18.0 Å². The molecule has 1 N–H and O–H groups in total. The van der Waals surface area contributed by atoms with Crippen LogP contribution in [0.5, 0.6) is 0 Å². The van der Waals surface area contributed by atoms with Gasteiger partial charge in [-0.2, -0.15) is 5.10 Å². The van der Waals surface area contributed by atoms with Crippen molar-refractivity contribution < 1.29 is 9.21 Å². The number of benzene rings is 1. The quantitative estimate of drug-likeness (QED) is 0.475. The van der Waals surface area contributed by atoms with Gasteiger partial charge in [-0.3, -0.25) is 14.8 Å². The second-order valence-electron chi connectivity index (χ2n) is 5.98. The van der Waals surface area contributed by atoms with Crippen molar-refractivity contribution in [2.45, 2.75) is 37.6 Å². The maximum absolute atomic E-state index is 12.0. The van der Waals surface area contributed by atoms with Gasteiger partial charge in [-0.05, 0) is 44.2 Å². The Morgan fingerprint density at radius 1 is 1.23 bits per heavy atom. The molecule has 0 bridgehead atoms. The van der Waals surface area contributed by atoms with Crippen LogP contribution in [0.4, 0.5) is 6.01 Å². The predicted octanol–water partition coefficient (Wildman–Crippen LogP) is 4.03. The number of hydrogen-bond acceptors (Lipinski definition) is 6. The summed E-state index contributed by atoms with van der Waals surface area (Å²) in [4.78, 5) is 13.2. The van der Waals surface area contributed by atoms with Gasteiger partial charge < -0.3 is 4.42 Å². The molecular weight excluding hydrogens is 350 g/mol. The molecule has 26 heavy (non-hydrogen) atoms. The summed E-state index contributed by atoms with van der Waals surface area (Å²) >= 11 is 1.73. The summed E-state index contributed by atoms with van der Waals surface area (Å²) in [5.41, 5.74) is 0.729. The van der Waals surface area contributed by atoms with Gasteiger partial charge in [-0.1, -0.05) is 23.3 Å². The average molecular weight is 371 g/mol. The number of rotatable bonds is 8. The van der Waals surface area contributed by atoms with Crippen LogP contribution in [0.2, 0.25) is 0 Å². The van der Waals surface area contributed by atoms with E-state index in [1.54, 1.807) is 28.7 Å². The van der Waals surface area contributed by atoms with Crippen molar-refractivity contribution in [2.75, 3.05) is 11.1 Å². The van der Waals surface area contributed by atoms with Crippen LogP contribution >= 0.6 is 11.8 Å². The Morgan fingerprint density at radius 2 is 2.04 bits per heavy atom. The van der Waals surface area contributed by atoms with Gasteiger partial charge in [0, 0.05) is 23.6 Å². The fourth-order valence-corrected chi connectivity index (χ4v) is 3.27. The van der Waals surface area contributed by atoms with E-state index in [0.29, 0.717) is 12.3 Å². The minimum atomic E-state index is -0.133. The highest BCUT2D eigenvalue weighted by Gasteiger charge is 2.16. The first kappa shape index (κ1) is 18.2. The van der Waals surface area contributed by atoms with E-state index in [9.17, 15) is 4.79 Å². The van der Waals surface area contributed by atoms with Gasteiger partial charge in [0.1, 0.15) is 5.69 Å². The average Bonchev–Trinajstić information content (AvgIpc) is 3.28. The van der Waals surface area contributed by atoms with E-state index in [1.807, 2.05) is 32.0 Å². The molecule has 3 rings (SSSR count). The highest BCUT2D eigenvalue weighted by Crippen LogP contribution is 2.22. The highest BCUT2D eigenvalue weighted by molar-refractivity contribution is 7.99. The van der Waals surface area contributed by atoms with Crippen molar-refractivity contribution in [3.63, 3.8) is 0 Å². The van der Waals surface area contributed by atoms with E-state index in [0.717, 1.165) is 17.9 Å². The lowest BCUT2D eigenvalue weighted by Crippen LogP contribution is -2.11. The number of carbonyl (C=O) groups is 1. The SMILES string of the molecule is CC(C)n1nccc1-c1nnc(NC(=O)CCCSc2ccccc2)o1. The van der Waals surface area contributed by atoms with E-state index >= 15 is 0 Å². The molecule has 2 heterocycles. The molecule has 0 unspecified atom stereocenters. The van der Waals surface area contributed by atoms with E-state index in [4.69, 9.17) is 4.42 Å². The molecule has 0 atom stereocenters. The molecule has 0 saturated carbocycles. The standard InChI is InChI=1S/C18H21N5O2S/c1-13(2)23-15(10-11-19-23)17-21-22-18(25-17)20-16(24)9-6-12-26-14-7-4-3-5-8-14/h3-5,7-8,10-11,13H,6,9,12H2,1-2H3,(H,20,22,24). The number of thioether (sulfide) groups is 1. The van der Waals surface area contributed by atoms with Crippen LogP contribution in [0, 0.1) is 0 Å². The van der Waals surface area contributed by atoms with Gasteiger partial charge in [-0.25, -0.2) is 0 Å². The summed E-state index contributed by atoms with van der Waals surface area (Å²) in [6.07, 6.45) is 2.86. The molecule has 1 aromatic carbocycles. The second-order valence-corrected chi connectivity index (χ2v) is 7.15. The first-order valence-electron chi connectivity index (χ1n) is 8.48. The lowest BCUT2D eigenvalue weighted by Gasteiger charge is -2.07. The monoisotopic (exact) mass is 371 g/mol. The molecule has 0 aliphatic rings. The Balaban J connectivity index is 1.48. The van der Waals surface area contributed by atoms with Crippen LogP contribution < -0.4 is 5.32 Å². The molecule has 136 valence electrons. The van der Waals surface area contributed by atoms with Crippen molar-refractivity contribution in [1.29, 1.82) is 0 Å². The molecule has 7 nitrogen and oxygen atoms in total. The number of aromatic nitrogens is 4. The fraction of sp³-hybridized carbons (Fsp3) is 0.333. The largest absolute Gasteiger partial charge is 0.401 e. The zero-order chi connectivity index (χ0) is 18.4. The summed E-state index contributed by atoms with van der Waals surface area (Å²) in [5.74, 6) is 1.08. The molecule has 3 aromatic rings. The molecule has 0 radical (unpaired) electrons. The maximum atomic E-state index is 12.0. The second kappa shape index (κ2) is 8.66. The number of amides is 1. The van der Waals surface area contributed by atoms with Crippen molar-refractivity contribution >= 4 is 23.7 Å². The molecule has 0 spiro atoms. The van der Waals surface area contributed by atoms with E-state index in [2.05, 4.69) is 32.7 Å². The zero-order valence-corrected chi connectivity index (χ0v) is 15.6. The zero-order valence-electron chi connectivity index (χ0n) is 14.8. The Labute approximate surface area is 156 Å². The number of anilines is 1. The molecule has 0 aliphatic heterocycles. The summed E-state index contributed by atoms with van der Waals surface area (Å²) in [6.45, 7) is 4.03. The molecule has 2 aromatic heterocycles. The Morgan fingerprint density at radius 3 is 2.81 bits per heavy atom. The molecule has 0 saturated heterocycles. The lowest BCUT2D eigenvalue weighted by molar-refractivity contribution is -0.116. The van der Waals surface area contributed by atoms with Gasteiger partial charge in [0.15, 0.2) is 0 Å². The van der Waals surface area contributed by atoms with Crippen LogP contribution in [0.3, 0.4) is 0 Å². The summed E-state index contributed by atoms with van der Waals surface area (Å²) in [7, 11) is 0. The third-order valence-electron chi connectivity index (χ3n) is 3.61. The van der Waals surface area contributed by atoms with Gasteiger partial charge in [-0.15, -0.1) is 16.9 Å². The number of carbonyl (C=O) groups excluding carboxylic acids is 1. The third-order valence-corrected chi connectivity index (χ3v) is 4.71. The number of nitrogens with one attached hydrogen (secondary N) is 1. The normalized spacial score (nSPS) is 11.0. The first-order chi connectivity index (χ1) is 12.6. The summed E-state index contributed by atoms with van der Waals surface area (Å²) in [6, 6.07) is 12.2. The molecule has 1 amide bonds. The molecule has 0 aliphatic carbocycles. The Kier molecular flexibility index (Phi) is 6.06. The minimum absolute atomic E-state index is 0.109. The van der Waals surface area contributed by atoms with Gasteiger partial charge >= 0.3 is 6.01 Å². The van der Waals surface area contributed by atoms with Gasteiger partial charge in [0.2, 0.25) is 5.91 Å². The smallest absolute Gasteiger partial charge is 0.322 e.